The fourth-order valence-electron chi connectivity index (χ4n) is 3.80. The van der Waals surface area contributed by atoms with Crippen molar-refractivity contribution in [3.05, 3.63) is 30.1 Å². The maximum absolute atomic E-state index is 12.7. The van der Waals surface area contributed by atoms with E-state index in [1.807, 2.05) is 0 Å². The summed E-state index contributed by atoms with van der Waals surface area (Å²) in [5, 5.41) is 11.6. The van der Waals surface area contributed by atoms with E-state index in [1.54, 1.807) is 26.0 Å². The molecule has 0 bridgehead atoms. The zero-order chi connectivity index (χ0) is 22.4. The van der Waals surface area contributed by atoms with Gasteiger partial charge in [0.15, 0.2) is 5.82 Å². The number of hydrogen-bond acceptors (Lipinski definition) is 7. The number of benzene rings is 1. The Bertz CT molecular complexity index is 998. The van der Waals surface area contributed by atoms with Gasteiger partial charge in [-0.25, -0.2) is 13.1 Å². The van der Waals surface area contributed by atoms with Crippen LogP contribution in [0.1, 0.15) is 57.7 Å². The number of aromatic nitrogens is 3. The van der Waals surface area contributed by atoms with Crippen molar-refractivity contribution in [1.29, 1.82) is 0 Å². The average Bonchev–Trinajstić information content (AvgIpc) is 3.14. The monoisotopic (exact) mass is 466 g/mol. The van der Waals surface area contributed by atoms with Crippen molar-refractivity contribution in [2.75, 3.05) is 30.0 Å². The van der Waals surface area contributed by atoms with Crippen LogP contribution < -0.4 is 11.2 Å². The standard InChI is InChI=1S/C20H30N6O3S2/c1-3-25(4-2)31(28,29)17-12-8-11-16(13-17)22-18(27)14-30-20-24-23-19(26(20)21)15-9-6-5-7-10-15/h8,11-13,15H,3-7,9-10,14,21H2,1-2H3,(H,22,27). The zero-order valence-electron chi connectivity index (χ0n) is 18.0. The second-order valence-corrected chi connectivity index (χ2v) is 10.4. The van der Waals surface area contributed by atoms with E-state index in [-0.39, 0.29) is 16.6 Å². The molecule has 1 aromatic carbocycles. The largest absolute Gasteiger partial charge is 0.336 e. The van der Waals surface area contributed by atoms with Crippen LogP contribution in [0.5, 0.6) is 0 Å². The van der Waals surface area contributed by atoms with Gasteiger partial charge in [0.2, 0.25) is 21.1 Å². The lowest BCUT2D eigenvalue weighted by Crippen LogP contribution is -2.30. The summed E-state index contributed by atoms with van der Waals surface area (Å²) in [5.74, 6) is 7.08. The fraction of sp³-hybridized carbons (Fsp3) is 0.550. The van der Waals surface area contributed by atoms with Crippen LogP contribution in [0.2, 0.25) is 0 Å². The fourth-order valence-corrected chi connectivity index (χ4v) is 5.97. The molecule has 0 spiro atoms. The molecule has 3 N–H and O–H groups in total. The summed E-state index contributed by atoms with van der Waals surface area (Å²) in [5.41, 5.74) is 0.427. The Morgan fingerprint density at radius 2 is 1.94 bits per heavy atom. The van der Waals surface area contributed by atoms with E-state index >= 15 is 0 Å². The molecule has 1 saturated carbocycles. The summed E-state index contributed by atoms with van der Waals surface area (Å²) in [6.07, 6.45) is 5.71. The van der Waals surface area contributed by atoms with E-state index < -0.39 is 10.0 Å². The number of amides is 1. The summed E-state index contributed by atoms with van der Waals surface area (Å²) in [4.78, 5) is 12.6. The summed E-state index contributed by atoms with van der Waals surface area (Å²) in [6, 6.07) is 6.28. The van der Waals surface area contributed by atoms with Crippen LogP contribution in [0.4, 0.5) is 5.69 Å². The third-order valence-corrected chi connectivity index (χ3v) is 8.44. The molecule has 0 aliphatic heterocycles. The maximum Gasteiger partial charge on any atom is 0.243 e. The van der Waals surface area contributed by atoms with Crippen molar-refractivity contribution in [2.24, 2.45) is 0 Å². The van der Waals surface area contributed by atoms with Gasteiger partial charge in [-0.1, -0.05) is 50.9 Å². The highest BCUT2D eigenvalue weighted by Crippen LogP contribution is 2.32. The van der Waals surface area contributed by atoms with Crippen molar-refractivity contribution < 1.29 is 13.2 Å². The first-order valence-electron chi connectivity index (χ1n) is 10.6. The third-order valence-electron chi connectivity index (χ3n) is 5.45. The van der Waals surface area contributed by atoms with Crippen molar-refractivity contribution in [3.63, 3.8) is 0 Å². The van der Waals surface area contributed by atoms with Gasteiger partial charge in [0.25, 0.3) is 0 Å². The van der Waals surface area contributed by atoms with Gasteiger partial charge in [-0.15, -0.1) is 10.2 Å². The van der Waals surface area contributed by atoms with Gasteiger partial charge >= 0.3 is 0 Å². The minimum absolute atomic E-state index is 0.0903. The molecule has 3 rings (SSSR count). The van der Waals surface area contributed by atoms with Crippen LogP contribution >= 0.6 is 11.8 Å². The van der Waals surface area contributed by atoms with Crippen LogP contribution in [0.25, 0.3) is 0 Å². The van der Waals surface area contributed by atoms with Gasteiger partial charge in [-0.2, -0.15) is 4.31 Å². The molecule has 31 heavy (non-hydrogen) atoms. The van der Waals surface area contributed by atoms with Gasteiger partial charge in [0, 0.05) is 24.7 Å². The average molecular weight is 467 g/mol. The molecular weight excluding hydrogens is 436 g/mol. The smallest absolute Gasteiger partial charge is 0.243 e. The zero-order valence-corrected chi connectivity index (χ0v) is 19.6. The number of nitrogens with two attached hydrogens (primary N) is 1. The SMILES string of the molecule is CCN(CC)S(=O)(=O)c1cccc(NC(=O)CSc2nnc(C3CCCCC3)n2N)c1. The number of rotatable bonds is 9. The lowest BCUT2D eigenvalue weighted by Gasteiger charge is -2.20. The molecule has 1 aliphatic carbocycles. The molecule has 1 heterocycles. The second kappa shape index (κ2) is 10.5. The number of anilines is 1. The van der Waals surface area contributed by atoms with Crippen molar-refractivity contribution in [3.8, 4) is 0 Å². The van der Waals surface area contributed by atoms with E-state index in [1.165, 1.54) is 52.1 Å². The number of thioether (sulfide) groups is 1. The minimum atomic E-state index is -3.59. The molecular formula is C20H30N6O3S2. The van der Waals surface area contributed by atoms with Gasteiger partial charge in [0.05, 0.1) is 10.6 Å². The summed E-state index contributed by atoms with van der Waals surface area (Å²) in [7, 11) is -3.59. The van der Waals surface area contributed by atoms with Crippen molar-refractivity contribution >= 4 is 33.4 Å². The minimum Gasteiger partial charge on any atom is -0.336 e. The molecule has 170 valence electrons. The molecule has 1 aliphatic rings. The predicted molar refractivity (Wildman–Crippen MR) is 122 cm³/mol. The Balaban J connectivity index is 1.61. The molecule has 0 radical (unpaired) electrons. The van der Waals surface area contributed by atoms with Gasteiger partial charge < -0.3 is 11.2 Å². The van der Waals surface area contributed by atoms with Gasteiger partial charge in [-0.05, 0) is 31.0 Å². The highest BCUT2D eigenvalue weighted by molar-refractivity contribution is 7.99. The molecule has 1 fully saturated rings. The topological polar surface area (TPSA) is 123 Å². The summed E-state index contributed by atoms with van der Waals surface area (Å²) >= 11 is 1.21. The molecule has 1 aromatic heterocycles. The molecule has 1 amide bonds. The van der Waals surface area contributed by atoms with Crippen LogP contribution in [0.3, 0.4) is 0 Å². The number of nitrogens with one attached hydrogen (secondary N) is 1. The number of hydrogen-bond donors (Lipinski definition) is 2. The number of carbonyl (C=O) groups excluding carboxylic acids is 1. The Hall–Kier alpha value is -2.11. The highest BCUT2D eigenvalue weighted by Gasteiger charge is 2.24. The number of nitrogens with zero attached hydrogens (tertiary/aromatic N) is 4. The molecule has 0 saturated heterocycles. The van der Waals surface area contributed by atoms with E-state index in [4.69, 9.17) is 5.84 Å². The Morgan fingerprint density at radius 3 is 2.61 bits per heavy atom. The second-order valence-electron chi connectivity index (χ2n) is 7.50. The Labute approximate surface area is 187 Å². The summed E-state index contributed by atoms with van der Waals surface area (Å²) in [6.45, 7) is 4.35. The highest BCUT2D eigenvalue weighted by atomic mass is 32.2. The molecule has 11 heteroatoms. The van der Waals surface area contributed by atoms with E-state index in [2.05, 4.69) is 15.5 Å². The van der Waals surface area contributed by atoms with Crippen LogP contribution in [-0.2, 0) is 14.8 Å². The lowest BCUT2D eigenvalue weighted by atomic mass is 9.89. The number of sulfonamides is 1. The molecule has 2 aromatic rings. The normalized spacial score (nSPS) is 15.3. The van der Waals surface area contributed by atoms with Crippen LogP contribution in [-0.4, -0.2) is 52.3 Å². The quantitative estimate of drug-likeness (QED) is 0.430. The van der Waals surface area contributed by atoms with Crippen molar-refractivity contribution in [2.45, 2.75) is 61.9 Å². The first-order chi connectivity index (χ1) is 14.9. The van der Waals surface area contributed by atoms with Crippen LogP contribution in [0.15, 0.2) is 34.3 Å². The molecule has 9 nitrogen and oxygen atoms in total. The van der Waals surface area contributed by atoms with Crippen LogP contribution in [0, 0.1) is 0 Å². The van der Waals surface area contributed by atoms with E-state index in [0.717, 1.165) is 18.7 Å². The lowest BCUT2D eigenvalue weighted by molar-refractivity contribution is -0.113. The summed E-state index contributed by atoms with van der Waals surface area (Å²) < 4.78 is 28.2. The maximum atomic E-state index is 12.7. The van der Waals surface area contributed by atoms with E-state index in [9.17, 15) is 13.2 Å². The Kier molecular flexibility index (Phi) is 7.95. The van der Waals surface area contributed by atoms with E-state index in [0.29, 0.717) is 29.9 Å². The third kappa shape index (κ3) is 5.58. The molecule has 0 atom stereocenters. The first kappa shape index (κ1) is 23.6. The number of carbonyl (C=O) groups is 1. The van der Waals surface area contributed by atoms with Gasteiger partial charge in [-0.3, -0.25) is 4.79 Å². The predicted octanol–water partition coefficient (Wildman–Crippen LogP) is 2.80. The molecule has 0 unspecified atom stereocenters. The van der Waals surface area contributed by atoms with Crippen molar-refractivity contribution in [1.82, 2.24) is 19.2 Å². The Morgan fingerprint density at radius 1 is 1.23 bits per heavy atom. The first-order valence-corrected chi connectivity index (χ1v) is 13.0. The number of nitrogen functional groups attached to an aromatic ring is 1. The van der Waals surface area contributed by atoms with Gasteiger partial charge in [0.1, 0.15) is 0 Å².